The first kappa shape index (κ1) is 14.4. The fourth-order valence-corrected chi connectivity index (χ4v) is 3.90. The Hall–Kier alpha value is -1.03. The van der Waals surface area contributed by atoms with E-state index in [0.717, 1.165) is 24.8 Å². The number of nitrogen functional groups attached to an aromatic ring is 1. The lowest BCUT2D eigenvalue weighted by molar-refractivity contribution is 0.0378. The van der Waals surface area contributed by atoms with Crippen molar-refractivity contribution in [3.8, 4) is 0 Å². The molecule has 3 nitrogen and oxygen atoms in total. The van der Waals surface area contributed by atoms with Crippen molar-refractivity contribution in [3.63, 3.8) is 0 Å². The predicted octanol–water partition coefficient (Wildman–Crippen LogP) is 3.66. The van der Waals surface area contributed by atoms with Gasteiger partial charge in [-0.25, -0.2) is 4.79 Å². The number of fused-ring (bicyclic) bond motifs is 1. The lowest BCUT2D eigenvalue weighted by Crippen LogP contribution is -2.20. The molecule has 1 aromatic heterocycles. The normalized spacial score (nSPS) is 18.7. The summed E-state index contributed by atoms with van der Waals surface area (Å²) in [6.07, 6.45) is 3.04. The van der Waals surface area contributed by atoms with Crippen molar-refractivity contribution in [3.05, 3.63) is 16.0 Å². The van der Waals surface area contributed by atoms with E-state index in [-0.39, 0.29) is 12.1 Å². The zero-order chi connectivity index (χ0) is 14.2. The molecule has 1 aliphatic rings. The van der Waals surface area contributed by atoms with E-state index in [4.69, 9.17) is 10.5 Å². The number of nitrogens with two attached hydrogens (primary N) is 1. The van der Waals surface area contributed by atoms with Crippen molar-refractivity contribution < 1.29 is 9.53 Å². The summed E-state index contributed by atoms with van der Waals surface area (Å²) in [4.78, 5) is 13.4. The van der Waals surface area contributed by atoms with Gasteiger partial charge in [0.1, 0.15) is 5.00 Å². The molecule has 0 aromatic carbocycles. The fourth-order valence-electron chi connectivity index (χ4n) is 2.70. The average Bonchev–Trinajstić information content (AvgIpc) is 2.62. The topological polar surface area (TPSA) is 52.3 Å². The second-order valence-corrected chi connectivity index (χ2v) is 7.08. The fraction of sp³-hybridized carbons (Fsp3) is 0.667. The third-order valence-corrected chi connectivity index (χ3v) is 4.90. The first-order valence-corrected chi connectivity index (χ1v) is 7.82. The Morgan fingerprint density at radius 1 is 1.37 bits per heavy atom. The molecule has 1 heterocycles. The van der Waals surface area contributed by atoms with Crippen LogP contribution in [0.5, 0.6) is 0 Å². The molecule has 1 aromatic rings. The Morgan fingerprint density at radius 2 is 2.05 bits per heavy atom. The standard InChI is InChI=1S/C15H23NO2S/c1-8(2)10-5-6-11-12(7-10)19-14(16)13(11)15(17)18-9(3)4/h8-10H,5-7,16H2,1-4H3. The molecular formula is C15H23NO2S. The van der Waals surface area contributed by atoms with E-state index in [1.165, 1.54) is 4.88 Å². The van der Waals surface area contributed by atoms with Crippen LogP contribution in [0.4, 0.5) is 5.00 Å². The summed E-state index contributed by atoms with van der Waals surface area (Å²) in [5, 5.41) is 0.625. The molecule has 0 aliphatic heterocycles. The number of rotatable bonds is 3. The summed E-state index contributed by atoms with van der Waals surface area (Å²) in [7, 11) is 0. The van der Waals surface area contributed by atoms with Gasteiger partial charge in [0.05, 0.1) is 11.7 Å². The van der Waals surface area contributed by atoms with Crippen LogP contribution < -0.4 is 5.73 Å². The molecule has 0 saturated heterocycles. The van der Waals surface area contributed by atoms with Gasteiger partial charge in [0, 0.05) is 4.88 Å². The molecule has 1 aliphatic carbocycles. The number of anilines is 1. The van der Waals surface area contributed by atoms with E-state index >= 15 is 0 Å². The van der Waals surface area contributed by atoms with Crippen LogP contribution in [0.1, 0.15) is 54.9 Å². The van der Waals surface area contributed by atoms with Gasteiger partial charge in [-0.1, -0.05) is 13.8 Å². The number of hydrogen-bond donors (Lipinski definition) is 1. The number of ether oxygens (including phenoxy) is 1. The summed E-state index contributed by atoms with van der Waals surface area (Å²) in [6.45, 7) is 8.25. The number of carbonyl (C=O) groups excluding carboxylic acids is 1. The van der Waals surface area contributed by atoms with Crippen LogP contribution in [0.15, 0.2) is 0 Å². The maximum absolute atomic E-state index is 12.1. The number of thiophene rings is 1. The SMILES string of the molecule is CC(C)OC(=O)c1c(N)sc2c1CCC(C(C)C)C2. The molecule has 0 spiro atoms. The molecule has 0 saturated carbocycles. The third kappa shape index (κ3) is 2.94. The lowest BCUT2D eigenvalue weighted by atomic mass is 9.81. The van der Waals surface area contributed by atoms with Gasteiger partial charge in [-0.3, -0.25) is 0 Å². The molecule has 2 N–H and O–H groups in total. The molecule has 0 radical (unpaired) electrons. The maximum atomic E-state index is 12.1. The minimum atomic E-state index is -0.256. The molecule has 0 bridgehead atoms. The zero-order valence-corrected chi connectivity index (χ0v) is 13.0. The molecule has 0 amide bonds. The van der Waals surface area contributed by atoms with E-state index < -0.39 is 0 Å². The highest BCUT2D eigenvalue weighted by Crippen LogP contribution is 2.40. The summed E-state index contributed by atoms with van der Waals surface area (Å²) in [6, 6.07) is 0. The second kappa shape index (κ2) is 5.53. The van der Waals surface area contributed by atoms with Crippen LogP contribution in [0.3, 0.4) is 0 Å². The van der Waals surface area contributed by atoms with Gasteiger partial charge in [-0.05, 0) is 50.5 Å². The zero-order valence-electron chi connectivity index (χ0n) is 12.2. The van der Waals surface area contributed by atoms with Crippen LogP contribution >= 0.6 is 11.3 Å². The lowest BCUT2D eigenvalue weighted by Gasteiger charge is -2.25. The molecule has 0 fully saturated rings. The summed E-state index contributed by atoms with van der Waals surface area (Å²) < 4.78 is 5.30. The molecule has 19 heavy (non-hydrogen) atoms. The monoisotopic (exact) mass is 281 g/mol. The van der Waals surface area contributed by atoms with Crippen LogP contribution in [0.25, 0.3) is 0 Å². The maximum Gasteiger partial charge on any atom is 0.341 e. The van der Waals surface area contributed by atoms with Crippen LogP contribution in [-0.2, 0) is 17.6 Å². The quantitative estimate of drug-likeness (QED) is 0.860. The minimum Gasteiger partial charge on any atom is -0.459 e. The summed E-state index contributed by atoms with van der Waals surface area (Å²) in [5.74, 6) is 1.13. The Balaban J connectivity index is 2.27. The largest absolute Gasteiger partial charge is 0.459 e. The van der Waals surface area contributed by atoms with Crippen molar-refractivity contribution in [1.29, 1.82) is 0 Å². The highest BCUT2D eigenvalue weighted by Gasteiger charge is 2.29. The van der Waals surface area contributed by atoms with Crippen molar-refractivity contribution >= 4 is 22.3 Å². The number of hydrogen-bond acceptors (Lipinski definition) is 4. The van der Waals surface area contributed by atoms with E-state index in [0.29, 0.717) is 22.4 Å². The summed E-state index contributed by atoms with van der Waals surface area (Å²) >= 11 is 1.57. The Morgan fingerprint density at radius 3 is 2.63 bits per heavy atom. The van der Waals surface area contributed by atoms with Crippen molar-refractivity contribution in [2.75, 3.05) is 5.73 Å². The van der Waals surface area contributed by atoms with Crippen molar-refractivity contribution in [2.45, 2.75) is 53.1 Å². The van der Waals surface area contributed by atoms with E-state index in [9.17, 15) is 4.79 Å². The van der Waals surface area contributed by atoms with E-state index in [1.54, 1.807) is 11.3 Å². The Bertz CT molecular complexity index is 477. The molecule has 106 valence electrons. The van der Waals surface area contributed by atoms with Crippen molar-refractivity contribution in [1.82, 2.24) is 0 Å². The minimum absolute atomic E-state index is 0.102. The molecular weight excluding hydrogens is 258 g/mol. The van der Waals surface area contributed by atoms with Gasteiger partial charge in [0.25, 0.3) is 0 Å². The van der Waals surface area contributed by atoms with Gasteiger partial charge >= 0.3 is 5.97 Å². The Kier molecular flexibility index (Phi) is 4.19. The van der Waals surface area contributed by atoms with Crippen LogP contribution in [-0.4, -0.2) is 12.1 Å². The molecule has 1 atom stereocenters. The number of esters is 1. The van der Waals surface area contributed by atoms with Gasteiger partial charge < -0.3 is 10.5 Å². The first-order chi connectivity index (χ1) is 8.90. The van der Waals surface area contributed by atoms with Gasteiger partial charge in [-0.15, -0.1) is 11.3 Å². The molecule has 1 unspecified atom stereocenters. The van der Waals surface area contributed by atoms with Gasteiger partial charge in [-0.2, -0.15) is 0 Å². The third-order valence-electron chi connectivity index (χ3n) is 3.82. The first-order valence-electron chi connectivity index (χ1n) is 7.01. The smallest absolute Gasteiger partial charge is 0.341 e. The highest BCUT2D eigenvalue weighted by molar-refractivity contribution is 7.16. The van der Waals surface area contributed by atoms with Crippen molar-refractivity contribution in [2.24, 2.45) is 11.8 Å². The molecule has 2 rings (SSSR count). The molecule has 4 heteroatoms. The van der Waals surface area contributed by atoms with E-state index in [1.807, 2.05) is 13.8 Å². The van der Waals surface area contributed by atoms with Crippen LogP contribution in [0.2, 0.25) is 0 Å². The van der Waals surface area contributed by atoms with Gasteiger partial charge in [0.2, 0.25) is 0 Å². The number of carbonyl (C=O) groups is 1. The Labute approximate surface area is 119 Å². The highest BCUT2D eigenvalue weighted by atomic mass is 32.1. The average molecular weight is 281 g/mol. The predicted molar refractivity (Wildman–Crippen MR) is 79.6 cm³/mol. The van der Waals surface area contributed by atoms with E-state index in [2.05, 4.69) is 13.8 Å². The van der Waals surface area contributed by atoms with Gasteiger partial charge in [0.15, 0.2) is 0 Å². The summed E-state index contributed by atoms with van der Waals surface area (Å²) in [5.41, 5.74) is 7.82. The second-order valence-electron chi connectivity index (χ2n) is 5.94. The van der Waals surface area contributed by atoms with Crippen LogP contribution in [0, 0.1) is 11.8 Å².